The van der Waals surface area contributed by atoms with Crippen LogP contribution in [0.25, 0.3) is 0 Å². The zero-order chi connectivity index (χ0) is 15.1. The van der Waals surface area contributed by atoms with Gasteiger partial charge in [0.25, 0.3) is 0 Å². The number of hydrogen-bond acceptors (Lipinski definition) is 6. The molecular weight excluding hydrogens is 322 g/mol. The van der Waals surface area contributed by atoms with Crippen molar-refractivity contribution in [3.05, 3.63) is 12.2 Å². The van der Waals surface area contributed by atoms with Crippen LogP contribution in [0.3, 0.4) is 0 Å². The summed E-state index contributed by atoms with van der Waals surface area (Å²) in [6.07, 6.45) is 1.62. The van der Waals surface area contributed by atoms with Gasteiger partial charge in [-0.15, -0.1) is 12.6 Å². The van der Waals surface area contributed by atoms with Crippen LogP contribution in [0, 0.1) is 0 Å². The first-order valence-electron chi connectivity index (χ1n) is 4.96. The fourth-order valence-electron chi connectivity index (χ4n) is 0.942. The molecule has 0 bridgehead atoms. The minimum atomic E-state index is -4.60. The fraction of sp³-hybridized carbons (Fsp3) is 0.714. The first-order chi connectivity index (χ1) is 8.49. The third kappa shape index (κ3) is 14.5. The Morgan fingerprint density at radius 2 is 1.74 bits per heavy atom. The molecule has 5 N–H and O–H groups in total. The molecule has 9 nitrogen and oxygen atoms in total. The van der Waals surface area contributed by atoms with Crippen LogP contribution in [0.1, 0.15) is 12.8 Å². The molecule has 0 aliphatic rings. The van der Waals surface area contributed by atoms with Crippen LogP contribution in [0.4, 0.5) is 0 Å². The predicted octanol–water partition coefficient (Wildman–Crippen LogP) is 0.158. The Kier molecular flexibility index (Phi) is 8.65. The summed E-state index contributed by atoms with van der Waals surface area (Å²) in [5.74, 6) is 0. The largest absolute Gasteiger partial charge is 0.470 e. The summed E-state index contributed by atoms with van der Waals surface area (Å²) in [6.45, 7) is -0.334. The summed E-state index contributed by atoms with van der Waals surface area (Å²) in [4.78, 5) is 33.7. The molecule has 0 spiro atoms. The molecule has 0 saturated carbocycles. The van der Waals surface area contributed by atoms with E-state index < -0.39 is 27.2 Å². The van der Waals surface area contributed by atoms with Gasteiger partial charge in [0.05, 0.1) is 12.7 Å². The lowest BCUT2D eigenvalue weighted by Gasteiger charge is -2.11. The van der Waals surface area contributed by atoms with E-state index in [4.69, 9.17) is 19.6 Å². The minimum Gasteiger partial charge on any atom is -0.389 e. The van der Waals surface area contributed by atoms with E-state index in [0.717, 1.165) is 0 Å². The zero-order valence-corrected chi connectivity index (χ0v) is 12.3. The molecule has 19 heavy (non-hydrogen) atoms. The van der Waals surface area contributed by atoms with E-state index in [9.17, 15) is 14.2 Å². The summed E-state index contributed by atoms with van der Waals surface area (Å²) in [5, 5.41) is 9.35. The highest BCUT2D eigenvalue weighted by atomic mass is 32.1. The lowest BCUT2D eigenvalue weighted by Crippen LogP contribution is -2.07. The van der Waals surface area contributed by atoms with Crippen LogP contribution < -0.4 is 0 Å². The van der Waals surface area contributed by atoms with E-state index in [-0.39, 0.29) is 19.4 Å². The van der Waals surface area contributed by atoms with Gasteiger partial charge in [-0.2, -0.15) is 0 Å². The van der Waals surface area contributed by atoms with Crippen molar-refractivity contribution in [1.29, 1.82) is 0 Å². The van der Waals surface area contributed by atoms with Crippen LogP contribution in [-0.4, -0.2) is 42.8 Å². The summed E-state index contributed by atoms with van der Waals surface area (Å²) >= 11 is 3.76. The summed E-state index contributed by atoms with van der Waals surface area (Å²) in [6, 6.07) is 0. The maximum atomic E-state index is 10.4. The molecular formula is C7H16O9P2S. The monoisotopic (exact) mass is 338 g/mol. The molecule has 0 rings (SSSR count). The van der Waals surface area contributed by atoms with Gasteiger partial charge in [-0.3, -0.25) is 9.05 Å². The van der Waals surface area contributed by atoms with E-state index >= 15 is 0 Å². The number of rotatable bonds is 9. The van der Waals surface area contributed by atoms with Gasteiger partial charge >= 0.3 is 15.6 Å². The number of hydrogen-bond donors (Lipinski definition) is 6. The van der Waals surface area contributed by atoms with Crippen LogP contribution in [-0.2, 0) is 18.2 Å². The van der Waals surface area contributed by atoms with E-state index in [0.29, 0.717) is 0 Å². The molecule has 0 aromatic heterocycles. The third-order valence-corrected chi connectivity index (χ3v) is 3.16. The average molecular weight is 338 g/mol. The van der Waals surface area contributed by atoms with Crippen molar-refractivity contribution in [2.24, 2.45) is 0 Å². The maximum Gasteiger partial charge on any atom is 0.470 e. The summed E-state index contributed by atoms with van der Waals surface area (Å²) in [7, 11) is -9.14. The average Bonchev–Trinajstić information content (AvgIpc) is 2.12. The Morgan fingerprint density at radius 1 is 1.16 bits per heavy atom. The Hall–Kier alpha value is 0.270. The molecule has 2 atom stereocenters. The van der Waals surface area contributed by atoms with Crippen molar-refractivity contribution in [1.82, 2.24) is 0 Å². The summed E-state index contributed by atoms with van der Waals surface area (Å²) in [5.41, 5.74) is -1.03. The highest BCUT2D eigenvalue weighted by molar-refractivity contribution is 7.81. The number of aliphatic hydroxyl groups is 1. The second-order valence-electron chi connectivity index (χ2n) is 3.39. The highest BCUT2D eigenvalue weighted by Gasteiger charge is 2.18. The third-order valence-electron chi connectivity index (χ3n) is 1.63. The molecule has 0 aliphatic carbocycles. The fourth-order valence-corrected chi connectivity index (χ4v) is 2.18. The molecule has 0 aromatic rings. The van der Waals surface area contributed by atoms with Gasteiger partial charge in [0.2, 0.25) is 0 Å². The molecule has 0 aliphatic heterocycles. The highest BCUT2D eigenvalue weighted by Crippen LogP contribution is 2.39. The van der Waals surface area contributed by atoms with Gasteiger partial charge in [0.1, 0.15) is 5.44 Å². The normalized spacial score (nSPS) is 16.7. The van der Waals surface area contributed by atoms with Crippen molar-refractivity contribution < 1.29 is 42.9 Å². The van der Waals surface area contributed by atoms with Crippen molar-refractivity contribution in [2.75, 3.05) is 6.61 Å². The van der Waals surface area contributed by atoms with Crippen LogP contribution in [0.2, 0.25) is 0 Å². The Balaban J connectivity index is 3.87. The second kappa shape index (κ2) is 8.53. The number of phosphoric ester groups is 2. The quantitative estimate of drug-likeness (QED) is 0.149. The number of phosphoric acid groups is 2. The molecule has 0 heterocycles. The van der Waals surface area contributed by atoms with E-state index in [1.54, 1.807) is 0 Å². The van der Waals surface area contributed by atoms with Gasteiger partial charge in [-0.05, 0) is 0 Å². The molecule has 2 unspecified atom stereocenters. The first kappa shape index (κ1) is 19.3. The topological polar surface area (TPSA) is 154 Å². The van der Waals surface area contributed by atoms with E-state index in [1.165, 1.54) is 12.2 Å². The Morgan fingerprint density at radius 3 is 2.21 bits per heavy atom. The van der Waals surface area contributed by atoms with E-state index in [1.807, 2.05) is 0 Å². The molecule has 0 aromatic carbocycles. The zero-order valence-electron chi connectivity index (χ0n) is 9.64. The second-order valence-corrected chi connectivity index (χ2v) is 6.40. The standard InChI is InChI=1S/C7H16O9P2S/c8-6(4-5-15-17(9,10)11)2-1-3-7(19)16-18(12,13)14/h1-2,6-8,19H,3-5H2,(H2,9,10,11)(H2,12,13,14)/b2-1+. The molecule has 0 radical (unpaired) electrons. The van der Waals surface area contributed by atoms with Gasteiger partial charge in [0, 0.05) is 12.8 Å². The Bertz CT molecular complexity index is 375. The molecule has 114 valence electrons. The van der Waals surface area contributed by atoms with Crippen molar-refractivity contribution >= 4 is 28.3 Å². The minimum absolute atomic E-state index is 0.0324. The number of thiol groups is 1. The van der Waals surface area contributed by atoms with Crippen LogP contribution in [0.15, 0.2) is 12.2 Å². The van der Waals surface area contributed by atoms with Gasteiger partial charge in [0.15, 0.2) is 0 Å². The SMILES string of the molecule is O=P(O)(O)OCCC(O)/C=C/CC(S)OP(=O)(O)O. The van der Waals surface area contributed by atoms with Crippen LogP contribution in [0.5, 0.6) is 0 Å². The van der Waals surface area contributed by atoms with Gasteiger partial charge in [-0.25, -0.2) is 9.13 Å². The smallest absolute Gasteiger partial charge is 0.389 e. The molecule has 0 saturated heterocycles. The molecule has 0 fully saturated rings. The number of aliphatic hydroxyl groups excluding tert-OH is 1. The molecule has 0 amide bonds. The van der Waals surface area contributed by atoms with Crippen molar-refractivity contribution in [3.8, 4) is 0 Å². The first-order valence-corrected chi connectivity index (χ1v) is 8.54. The Labute approximate surface area is 115 Å². The van der Waals surface area contributed by atoms with Gasteiger partial charge in [-0.1, -0.05) is 12.2 Å². The van der Waals surface area contributed by atoms with Crippen LogP contribution >= 0.6 is 28.3 Å². The predicted molar refractivity (Wildman–Crippen MR) is 68.3 cm³/mol. The lowest BCUT2D eigenvalue weighted by molar-refractivity contribution is 0.149. The van der Waals surface area contributed by atoms with Gasteiger partial charge < -0.3 is 24.7 Å². The maximum absolute atomic E-state index is 10.4. The lowest BCUT2D eigenvalue weighted by atomic mass is 10.2. The van der Waals surface area contributed by atoms with Crippen molar-refractivity contribution in [2.45, 2.75) is 24.4 Å². The molecule has 12 heteroatoms. The van der Waals surface area contributed by atoms with Crippen molar-refractivity contribution in [3.63, 3.8) is 0 Å². The van der Waals surface area contributed by atoms with E-state index in [2.05, 4.69) is 21.7 Å². The summed E-state index contributed by atoms with van der Waals surface area (Å²) < 4.78 is 29.1.